The topological polar surface area (TPSA) is 112 Å². The van der Waals surface area contributed by atoms with E-state index in [1.807, 2.05) is 26.0 Å². The van der Waals surface area contributed by atoms with Gasteiger partial charge in [-0.15, -0.1) is 0 Å². The monoisotopic (exact) mass is 388 g/mol. The molecule has 2 aromatic carbocycles. The number of sulfonamides is 1. The highest BCUT2D eigenvalue weighted by Gasteiger charge is 2.16. The van der Waals surface area contributed by atoms with Crippen LogP contribution in [0, 0.1) is 13.8 Å². The van der Waals surface area contributed by atoms with E-state index >= 15 is 0 Å². The second-order valence-electron chi connectivity index (χ2n) is 6.33. The highest BCUT2D eigenvalue weighted by Crippen LogP contribution is 2.28. The maximum atomic E-state index is 12.5. The molecule has 0 saturated heterocycles. The number of rotatable bonds is 5. The van der Waals surface area contributed by atoms with E-state index in [1.165, 1.54) is 25.3 Å². The molecule has 0 aliphatic carbocycles. The van der Waals surface area contributed by atoms with Crippen molar-refractivity contribution in [1.82, 2.24) is 0 Å². The minimum absolute atomic E-state index is 0.0677. The van der Waals surface area contributed by atoms with Gasteiger partial charge in [0.05, 0.1) is 30.4 Å². The Kier molecular flexibility index (Phi) is 4.95. The van der Waals surface area contributed by atoms with Gasteiger partial charge in [0.25, 0.3) is 0 Å². The number of furan rings is 1. The van der Waals surface area contributed by atoms with Crippen molar-refractivity contribution in [3.05, 3.63) is 53.3 Å². The van der Waals surface area contributed by atoms with Crippen LogP contribution in [0.4, 0.5) is 5.69 Å². The molecular weight excluding hydrogens is 368 g/mol. The molecule has 1 heterocycles. The molecule has 8 heteroatoms. The van der Waals surface area contributed by atoms with Gasteiger partial charge in [0.2, 0.25) is 15.9 Å². The third kappa shape index (κ3) is 3.96. The first kappa shape index (κ1) is 18.9. The Balaban J connectivity index is 1.87. The van der Waals surface area contributed by atoms with E-state index in [9.17, 15) is 13.2 Å². The van der Waals surface area contributed by atoms with Gasteiger partial charge >= 0.3 is 0 Å². The average molecular weight is 388 g/mol. The average Bonchev–Trinajstić information content (AvgIpc) is 2.96. The SMILES string of the molecule is COc1ccc(S(N)(=O)=O)cc1NC(=O)Cc1coc2cc(C)c(C)cc12. The summed E-state index contributed by atoms with van der Waals surface area (Å²) in [7, 11) is -2.47. The Morgan fingerprint density at radius 3 is 2.56 bits per heavy atom. The lowest BCUT2D eigenvalue weighted by Crippen LogP contribution is -2.17. The van der Waals surface area contributed by atoms with Crippen molar-refractivity contribution >= 4 is 32.6 Å². The molecule has 0 aliphatic rings. The number of anilines is 1. The van der Waals surface area contributed by atoms with Crippen molar-refractivity contribution in [2.45, 2.75) is 25.2 Å². The zero-order valence-corrected chi connectivity index (χ0v) is 16.0. The molecule has 7 nitrogen and oxygen atoms in total. The maximum Gasteiger partial charge on any atom is 0.238 e. The Morgan fingerprint density at radius 1 is 1.19 bits per heavy atom. The molecule has 0 bridgehead atoms. The number of aryl methyl sites for hydroxylation is 2. The van der Waals surface area contributed by atoms with E-state index in [0.717, 1.165) is 27.7 Å². The third-order valence-corrected chi connectivity index (χ3v) is 5.31. The number of nitrogens with one attached hydrogen (secondary N) is 1. The van der Waals surface area contributed by atoms with Crippen LogP contribution in [0.25, 0.3) is 11.0 Å². The highest BCUT2D eigenvalue weighted by atomic mass is 32.2. The van der Waals surface area contributed by atoms with Gasteiger partial charge in [-0.25, -0.2) is 13.6 Å². The molecule has 27 heavy (non-hydrogen) atoms. The normalized spacial score (nSPS) is 11.6. The lowest BCUT2D eigenvalue weighted by atomic mass is 10.0. The van der Waals surface area contributed by atoms with Crippen molar-refractivity contribution in [1.29, 1.82) is 0 Å². The summed E-state index contributed by atoms with van der Waals surface area (Å²) in [6.07, 6.45) is 1.62. The number of nitrogens with two attached hydrogens (primary N) is 1. The van der Waals surface area contributed by atoms with Gasteiger partial charge in [-0.1, -0.05) is 0 Å². The molecule has 3 aromatic rings. The first-order valence-corrected chi connectivity index (χ1v) is 9.71. The zero-order chi connectivity index (χ0) is 19.8. The summed E-state index contributed by atoms with van der Waals surface area (Å²) in [5.74, 6) is 0.0000633. The molecule has 1 amide bonds. The number of methoxy groups -OCH3 is 1. The van der Waals surface area contributed by atoms with E-state index in [-0.39, 0.29) is 22.9 Å². The van der Waals surface area contributed by atoms with E-state index in [2.05, 4.69) is 5.32 Å². The first-order valence-electron chi connectivity index (χ1n) is 8.17. The van der Waals surface area contributed by atoms with Crippen molar-refractivity contribution in [3.63, 3.8) is 0 Å². The number of hydrogen-bond acceptors (Lipinski definition) is 5. The molecule has 1 aromatic heterocycles. The lowest BCUT2D eigenvalue weighted by Gasteiger charge is -2.11. The Hall–Kier alpha value is -2.84. The van der Waals surface area contributed by atoms with Crippen molar-refractivity contribution < 1.29 is 22.4 Å². The van der Waals surface area contributed by atoms with Gasteiger partial charge in [-0.2, -0.15) is 0 Å². The van der Waals surface area contributed by atoms with Gasteiger partial charge < -0.3 is 14.5 Å². The van der Waals surface area contributed by atoms with Gasteiger partial charge in [0.1, 0.15) is 11.3 Å². The van der Waals surface area contributed by atoms with Crippen LogP contribution < -0.4 is 15.2 Å². The predicted octanol–water partition coefficient (Wildman–Crippen LogP) is 2.89. The zero-order valence-electron chi connectivity index (χ0n) is 15.2. The second-order valence-corrected chi connectivity index (χ2v) is 7.89. The predicted molar refractivity (Wildman–Crippen MR) is 102 cm³/mol. The summed E-state index contributed by atoms with van der Waals surface area (Å²) in [4.78, 5) is 12.4. The largest absolute Gasteiger partial charge is 0.495 e. The Labute approximate surface area is 157 Å². The fourth-order valence-corrected chi connectivity index (χ4v) is 3.34. The summed E-state index contributed by atoms with van der Waals surface area (Å²) in [5.41, 5.74) is 3.90. The number of primary sulfonamides is 1. The molecule has 0 fully saturated rings. The number of fused-ring (bicyclic) bond motifs is 1. The first-order chi connectivity index (χ1) is 12.7. The summed E-state index contributed by atoms with van der Waals surface area (Å²) in [6.45, 7) is 3.99. The summed E-state index contributed by atoms with van der Waals surface area (Å²) in [6, 6.07) is 7.95. The van der Waals surface area contributed by atoms with Crippen LogP contribution in [-0.4, -0.2) is 21.4 Å². The molecule has 3 rings (SSSR count). The van der Waals surface area contributed by atoms with Gasteiger partial charge in [-0.3, -0.25) is 4.79 Å². The highest BCUT2D eigenvalue weighted by molar-refractivity contribution is 7.89. The fraction of sp³-hybridized carbons (Fsp3) is 0.211. The lowest BCUT2D eigenvalue weighted by molar-refractivity contribution is -0.115. The molecule has 0 saturated carbocycles. The standard InChI is InChI=1S/C19H20N2O5S/c1-11-6-15-13(10-26-18(15)7-12(11)2)8-19(22)21-16-9-14(27(20,23)24)4-5-17(16)25-3/h4-7,9-10H,8H2,1-3H3,(H,21,22)(H2,20,23,24). The van der Waals surface area contributed by atoms with Crippen molar-refractivity contribution in [2.24, 2.45) is 5.14 Å². The molecule has 0 aliphatic heterocycles. The molecule has 142 valence electrons. The van der Waals surface area contributed by atoms with Crippen LogP contribution >= 0.6 is 0 Å². The number of hydrogen-bond donors (Lipinski definition) is 2. The molecule has 0 radical (unpaired) electrons. The summed E-state index contributed by atoms with van der Waals surface area (Å²) >= 11 is 0. The van der Waals surface area contributed by atoms with Gasteiger partial charge in [-0.05, 0) is 55.3 Å². The minimum Gasteiger partial charge on any atom is -0.495 e. The van der Waals surface area contributed by atoms with E-state index < -0.39 is 10.0 Å². The summed E-state index contributed by atoms with van der Waals surface area (Å²) in [5, 5.41) is 8.70. The van der Waals surface area contributed by atoms with Crippen LogP contribution in [0.5, 0.6) is 5.75 Å². The quantitative estimate of drug-likeness (QED) is 0.698. The van der Waals surface area contributed by atoms with Gasteiger partial charge in [0, 0.05) is 10.9 Å². The number of amides is 1. The number of carbonyl (C=O) groups is 1. The Morgan fingerprint density at radius 2 is 1.89 bits per heavy atom. The molecular formula is C19H20N2O5S. The van der Waals surface area contributed by atoms with E-state index in [0.29, 0.717) is 5.75 Å². The second kappa shape index (κ2) is 7.05. The van der Waals surface area contributed by atoms with E-state index in [4.69, 9.17) is 14.3 Å². The molecule has 0 spiro atoms. The Bertz CT molecular complexity index is 1130. The van der Waals surface area contributed by atoms with E-state index in [1.54, 1.807) is 6.26 Å². The van der Waals surface area contributed by atoms with Crippen LogP contribution in [0.15, 0.2) is 45.9 Å². The smallest absolute Gasteiger partial charge is 0.238 e. The van der Waals surface area contributed by atoms with Crippen LogP contribution in [0.1, 0.15) is 16.7 Å². The van der Waals surface area contributed by atoms with Crippen LogP contribution in [0.3, 0.4) is 0 Å². The minimum atomic E-state index is -3.90. The van der Waals surface area contributed by atoms with Gasteiger partial charge in [0.15, 0.2) is 0 Å². The van der Waals surface area contributed by atoms with Crippen LogP contribution in [0.2, 0.25) is 0 Å². The fourth-order valence-electron chi connectivity index (χ4n) is 2.80. The number of carbonyl (C=O) groups excluding carboxylic acids is 1. The molecule has 0 unspecified atom stereocenters. The van der Waals surface area contributed by atoms with Crippen molar-refractivity contribution in [3.8, 4) is 5.75 Å². The number of benzene rings is 2. The van der Waals surface area contributed by atoms with Crippen molar-refractivity contribution in [2.75, 3.05) is 12.4 Å². The molecule has 0 atom stereocenters. The molecule has 3 N–H and O–H groups in total. The summed E-state index contributed by atoms with van der Waals surface area (Å²) < 4.78 is 33.8. The third-order valence-electron chi connectivity index (χ3n) is 4.39. The van der Waals surface area contributed by atoms with Crippen LogP contribution in [-0.2, 0) is 21.2 Å². The maximum absolute atomic E-state index is 12.5. The number of ether oxygens (including phenoxy) is 1.